The standard InChI is InChI=1S/C17H14FN3O2S2/c1-24-14-4-2-3-11(9-14)16-20-21-17(23-16)19-15(22)10-25-13-7-5-12(18)6-8-13/h2-9H,10H2,1H3,(H,19,21,22). The molecule has 1 aromatic heterocycles. The zero-order valence-corrected chi connectivity index (χ0v) is 14.9. The van der Waals surface area contributed by atoms with Crippen LogP contribution in [0.1, 0.15) is 0 Å². The molecule has 1 heterocycles. The number of nitrogens with zero attached hydrogens (tertiary/aromatic N) is 2. The molecule has 2 aromatic carbocycles. The maximum atomic E-state index is 12.8. The molecule has 8 heteroatoms. The summed E-state index contributed by atoms with van der Waals surface area (Å²) in [5.41, 5.74) is 0.792. The fourth-order valence-corrected chi connectivity index (χ4v) is 3.14. The third kappa shape index (κ3) is 4.83. The van der Waals surface area contributed by atoms with Gasteiger partial charge in [0.1, 0.15) is 5.82 Å². The van der Waals surface area contributed by atoms with Crippen molar-refractivity contribution in [3.8, 4) is 11.5 Å². The highest BCUT2D eigenvalue weighted by molar-refractivity contribution is 8.00. The Labute approximate surface area is 152 Å². The highest BCUT2D eigenvalue weighted by Crippen LogP contribution is 2.25. The van der Waals surface area contributed by atoms with Gasteiger partial charge in [0, 0.05) is 15.4 Å². The minimum atomic E-state index is -0.308. The predicted molar refractivity (Wildman–Crippen MR) is 97.3 cm³/mol. The third-order valence-electron chi connectivity index (χ3n) is 3.17. The van der Waals surface area contributed by atoms with E-state index in [1.54, 1.807) is 23.9 Å². The lowest BCUT2D eigenvalue weighted by atomic mass is 10.2. The average Bonchev–Trinajstić information content (AvgIpc) is 3.10. The number of anilines is 1. The van der Waals surface area contributed by atoms with Gasteiger partial charge in [-0.05, 0) is 48.7 Å². The van der Waals surface area contributed by atoms with E-state index in [2.05, 4.69) is 15.5 Å². The second kappa shape index (κ2) is 8.17. The van der Waals surface area contributed by atoms with Crippen LogP contribution in [-0.2, 0) is 4.79 Å². The number of amides is 1. The molecule has 0 radical (unpaired) electrons. The number of nitrogens with one attached hydrogen (secondary N) is 1. The van der Waals surface area contributed by atoms with Gasteiger partial charge in [0.2, 0.25) is 11.8 Å². The second-order valence-electron chi connectivity index (χ2n) is 4.94. The average molecular weight is 375 g/mol. The van der Waals surface area contributed by atoms with E-state index < -0.39 is 0 Å². The molecule has 0 aliphatic heterocycles. The largest absolute Gasteiger partial charge is 0.403 e. The molecule has 0 bridgehead atoms. The van der Waals surface area contributed by atoms with Gasteiger partial charge in [0.25, 0.3) is 0 Å². The van der Waals surface area contributed by atoms with Crippen molar-refractivity contribution in [2.45, 2.75) is 9.79 Å². The summed E-state index contributed by atoms with van der Waals surface area (Å²) < 4.78 is 18.3. The number of rotatable bonds is 6. The second-order valence-corrected chi connectivity index (χ2v) is 6.86. The van der Waals surface area contributed by atoms with E-state index in [9.17, 15) is 9.18 Å². The molecule has 1 amide bonds. The van der Waals surface area contributed by atoms with Crippen molar-refractivity contribution in [2.24, 2.45) is 0 Å². The number of carbonyl (C=O) groups excluding carboxylic acids is 1. The molecule has 128 valence electrons. The number of thioether (sulfide) groups is 2. The Hall–Kier alpha value is -2.32. The molecule has 0 fully saturated rings. The van der Waals surface area contributed by atoms with E-state index in [-0.39, 0.29) is 23.5 Å². The molecule has 5 nitrogen and oxygen atoms in total. The number of halogens is 1. The lowest BCUT2D eigenvalue weighted by Gasteiger charge is -2.01. The molecule has 0 atom stereocenters. The van der Waals surface area contributed by atoms with Crippen molar-refractivity contribution in [3.05, 3.63) is 54.3 Å². The van der Waals surface area contributed by atoms with Gasteiger partial charge in [-0.3, -0.25) is 10.1 Å². The summed E-state index contributed by atoms with van der Waals surface area (Å²) in [6.07, 6.45) is 1.98. The van der Waals surface area contributed by atoms with Crippen molar-refractivity contribution in [1.29, 1.82) is 0 Å². The minimum absolute atomic E-state index is 0.0502. The van der Waals surface area contributed by atoms with Gasteiger partial charge in [-0.25, -0.2) is 4.39 Å². The first-order valence-electron chi connectivity index (χ1n) is 7.30. The van der Waals surface area contributed by atoms with Crippen molar-refractivity contribution < 1.29 is 13.6 Å². The normalized spacial score (nSPS) is 10.6. The van der Waals surface area contributed by atoms with Gasteiger partial charge < -0.3 is 4.42 Å². The first-order valence-corrected chi connectivity index (χ1v) is 9.51. The van der Waals surface area contributed by atoms with Crippen LogP contribution in [0.4, 0.5) is 10.4 Å². The summed E-state index contributed by atoms with van der Waals surface area (Å²) >= 11 is 2.91. The van der Waals surface area contributed by atoms with Crippen LogP contribution in [0, 0.1) is 5.82 Å². The fourth-order valence-electron chi connectivity index (χ4n) is 1.98. The van der Waals surface area contributed by atoms with E-state index in [0.29, 0.717) is 5.89 Å². The zero-order valence-electron chi connectivity index (χ0n) is 13.2. The Balaban J connectivity index is 1.58. The lowest BCUT2D eigenvalue weighted by Crippen LogP contribution is -2.14. The van der Waals surface area contributed by atoms with Crippen molar-refractivity contribution >= 4 is 35.4 Å². The first kappa shape index (κ1) is 17.5. The van der Waals surface area contributed by atoms with Gasteiger partial charge in [0.15, 0.2) is 0 Å². The van der Waals surface area contributed by atoms with Crippen LogP contribution in [0.2, 0.25) is 0 Å². The molecule has 3 aromatic rings. The van der Waals surface area contributed by atoms with E-state index in [4.69, 9.17) is 4.42 Å². The summed E-state index contributed by atoms with van der Waals surface area (Å²) in [7, 11) is 0. The van der Waals surface area contributed by atoms with Gasteiger partial charge >= 0.3 is 6.01 Å². The molecular formula is C17H14FN3O2S2. The molecule has 1 N–H and O–H groups in total. The molecule has 25 heavy (non-hydrogen) atoms. The SMILES string of the molecule is CSc1cccc(-c2nnc(NC(=O)CSc3ccc(F)cc3)o2)c1. The van der Waals surface area contributed by atoms with Crippen LogP contribution in [0.5, 0.6) is 0 Å². The number of aromatic nitrogens is 2. The van der Waals surface area contributed by atoms with E-state index in [1.807, 2.05) is 30.5 Å². The lowest BCUT2D eigenvalue weighted by molar-refractivity contribution is -0.113. The molecule has 0 aliphatic rings. The summed E-state index contributed by atoms with van der Waals surface area (Å²) in [5, 5.41) is 10.4. The third-order valence-corrected chi connectivity index (χ3v) is 4.91. The number of carbonyl (C=O) groups is 1. The Kier molecular flexibility index (Phi) is 5.72. The van der Waals surface area contributed by atoms with Crippen LogP contribution < -0.4 is 5.32 Å². The minimum Gasteiger partial charge on any atom is -0.403 e. The summed E-state index contributed by atoms with van der Waals surface area (Å²) in [6.45, 7) is 0. The fraction of sp³-hybridized carbons (Fsp3) is 0.118. The van der Waals surface area contributed by atoms with Crippen LogP contribution in [0.25, 0.3) is 11.5 Å². The molecule has 0 aliphatic carbocycles. The van der Waals surface area contributed by atoms with E-state index >= 15 is 0 Å². The molecule has 0 spiro atoms. The summed E-state index contributed by atoms with van der Waals surface area (Å²) in [4.78, 5) is 13.8. The van der Waals surface area contributed by atoms with Crippen LogP contribution in [0.3, 0.4) is 0 Å². The maximum absolute atomic E-state index is 12.8. The first-order chi connectivity index (χ1) is 12.1. The molecule has 0 saturated heterocycles. The number of hydrogen-bond donors (Lipinski definition) is 1. The summed E-state index contributed by atoms with van der Waals surface area (Å²) in [6, 6.07) is 13.7. The van der Waals surface area contributed by atoms with Gasteiger partial charge in [-0.1, -0.05) is 11.2 Å². The predicted octanol–water partition coefficient (Wildman–Crippen LogP) is 4.33. The van der Waals surface area contributed by atoms with Gasteiger partial charge in [-0.15, -0.1) is 28.6 Å². The molecule has 0 unspecified atom stereocenters. The smallest absolute Gasteiger partial charge is 0.322 e. The van der Waals surface area contributed by atoms with Gasteiger partial charge in [-0.2, -0.15) is 0 Å². The van der Waals surface area contributed by atoms with Crippen LogP contribution in [0.15, 0.2) is 62.7 Å². The molecular weight excluding hydrogens is 361 g/mol. The van der Waals surface area contributed by atoms with Crippen LogP contribution >= 0.6 is 23.5 Å². The molecule has 3 rings (SSSR count). The number of hydrogen-bond acceptors (Lipinski definition) is 6. The van der Waals surface area contributed by atoms with E-state index in [1.165, 1.54) is 23.9 Å². The Morgan fingerprint density at radius 1 is 1.16 bits per heavy atom. The van der Waals surface area contributed by atoms with Crippen LogP contribution in [-0.4, -0.2) is 28.1 Å². The highest BCUT2D eigenvalue weighted by atomic mass is 32.2. The monoisotopic (exact) mass is 375 g/mol. The quantitative estimate of drug-likeness (QED) is 0.647. The number of benzene rings is 2. The highest BCUT2D eigenvalue weighted by Gasteiger charge is 2.12. The van der Waals surface area contributed by atoms with E-state index in [0.717, 1.165) is 15.4 Å². The Morgan fingerprint density at radius 2 is 1.96 bits per heavy atom. The van der Waals surface area contributed by atoms with Gasteiger partial charge in [0.05, 0.1) is 5.75 Å². The maximum Gasteiger partial charge on any atom is 0.322 e. The van der Waals surface area contributed by atoms with Crippen molar-refractivity contribution in [1.82, 2.24) is 10.2 Å². The van der Waals surface area contributed by atoms with Crippen molar-refractivity contribution in [3.63, 3.8) is 0 Å². The Bertz CT molecular complexity index is 868. The zero-order chi connectivity index (χ0) is 17.6. The summed E-state index contributed by atoms with van der Waals surface area (Å²) in [5.74, 6) is -0.0804. The Morgan fingerprint density at radius 3 is 2.72 bits per heavy atom. The topological polar surface area (TPSA) is 68.0 Å². The van der Waals surface area contributed by atoms with Crippen molar-refractivity contribution in [2.75, 3.05) is 17.3 Å². The molecule has 0 saturated carbocycles.